The summed E-state index contributed by atoms with van der Waals surface area (Å²) in [4.78, 5) is 14.7. The van der Waals surface area contributed by atoms with Crippen LogP contribution in [-0.4, -0.2) is 23.9 Å². The fourth-order valence-corrected chi connectivity index (χ4v) is 3.88. The summed E-state index contributed by atoms with van der Waals surface area (Å²) in [5.41, 5.74) is 2.77. The minimum atomic E-state index is 0.328. The van der Waals surface area contributed by atoms with Gasteiger partial charge in [-0.1, -0.05) is 49.1 Å². The lowest BCUT2D eigenvalue weighted by Crippen LogP contribution is -2.41. The first-order valence-electron chi connectivity index (χ1n) is 8.59. The number of amides is 1. The van der Waals surface area contributed by atoms with Gasteiger partial charge in [-0.15, -0.1) is 0 Å². The molecule has 0 unspecified atom stereocenters. The lowest BCUT2D eigenvalue weighted by atomic mass is 9.86. The van der Waals surface area contributed by atoms with Gasteiger partial charge in [0.15, 0.2) is 0 Å². The van der Waals surface area contributed by atoms with Crippen molar-refractivity contribution in [3.05, 3.63) is 35.4 Å². The maximum atomic E-state index is 12.6. The second kappa shape index (κ2) is 6.64. The zero-order valence-electron chi connectivity index (χ0n) is 13.2. The van der Waals surface area contributed by atoms with E-state index in [9.17, 15) is 4.79 Å². The minimum Gasteiger partial charge on any atom is -0.342 e. The quantitative estimate of drug-likeness (QED) is 0.794. The third kappa shape index (κ3) is 3.48. The summed E-state index contributed by atoms with van der Waals surface area (Å²) in [6.45, 7) is 4.04. The van der Waals surface area contributed by atoms with Crippen LogP contribution in [0.4, 0.5) is 0 Å². The van der Waals surface area contributed by atoms with Crippen molar-refractivity contribution in [3.8, 4) is 0 Å². The SMILES string of the molecule is Cc1ccc(C2CCN(C(=O)C3CCCCC3)CC2)cc1. The van der Waals surface area contributed by atoms with Crippen molar-refractivity contribution < 1.29 is 4.79 Å². The van der Waals surface area contributed by atoms with Crippen molar-refractivity contribution in [1.82, 2.24) is 4.90 Å². The lowest BCUT2D eigenvalue weighted by molar-refractivity contribution is -0.137. The van der Waals surface area contributed by atoms with E-state index in [1.165, 1.54) is 30.4 Å². The zero-order chi connectivity index (χ0) is 14.7. The molecule has 0 spiro atoms. The van der Waals surface area contributed by atoms with Crippen LogP contribution in [0.1, 0.15) is 62.0 Å². The molecule has 0 atom stereocenters. The molecule has 2 nitrogen and oxygen atoms in total. The predicted octanol–water partition coefficient (Wildman–Crippen LogP) is 4.28. The van der Waals surface area contributed by atoms with Gasteiger partial charge in [-0.2, -0.15) is 0 Å². The Kier molecular flexibility index (Phi) is 4.62. The first kappa shape index (κ1) is 14.6. The normalized spacial score (nSPS) is 21.5. The van der Waals surface area contributed by atoms with Gasteiger partial charge in [0.25, 0.3) is 0 Å². The van der Waals surface area contributed by atoms with Crippen LogP contribution < -0.4 is 0 Å². The number of likely N-dealkylation sites (tertiary alicyclic amines) is 1. The number of carbonyl (C=O) groups excluding carboxylic acids is 1. The molecule has 2 fully saturated rings. The van der Waals surface area contributed by atoms with Crippen molar-refractivity contribution in [2.45, 2.75) is 57.8 Å². The largest absolute Gasteiger partial charge is 0.342 e. The molecule has 1 aromatic rings. The summed E-state index contributed by atoms with van der Waals surface area (Å²) in [5, 5.41) is 0. The molecule has 1 aliphatic carbocycles. The van der Waals surface area contributed by atoms with E-state index >= 15 is 0 Å². The molecule has 0 aromatic heterocycles. The standard InChI is InChI=1S/C19H27NO/c1-15-7-9-16(10-8-15)17-11-13-20(14-12-17)19(21)18-5-3-2-4-6-18/h7-10,17-18H,2-6,11-14H2,1H3. The Labute approximate surface area is 128 Å². The molecule has 1 aromatic carbocycles. The molecule has 1 aliphatic heterocycles. The number of carbonyl (C=O) groups is 1. The zero-order valence-corrected chi connectivity index (χ0v) is 13.2. The smallest absolute Gasteiger partial charge is 0.225 e. The van der Waals surface area contributed by atoms with Gasteiger partial charge in [-0.3, -0.25) is 4.79 Å². The van der Waals surface area contributed by atoms with E-state index in [2.05, 4.69) is 36.1 Å². The first-order chi connectivity index (χ1) is 10.2. The van der Waals surface area contributed by atoms with Crippen LogP contribution in [0.15, 0.2) is 24.3 Å². The van der Waals surface area contributed by atoms with E-state index in [1.807, 2.05) is 0 Å². The minimum absolute atomic E-state index is 0.328. The molecule has 0 N–H and O–H groups in total. The molecule has 21 heavy (non-hydrogen) atoms. The van der Waals surface area contributed by atoms with Gasteiger partial charge in [0.1, 0.15) is 0 Å². The Morgan fingerprint density at radius 2 is 1.57 bits per heavy atom. The predicted molar refractivity (Wildman–Crippen MR) is 86.3 cm³/mol. The average molecular weight is 285 g/mol. The summed E-state index contributed by atoms with van der Waals surface area (Å²) in [5.74, 6) is 1.41. The average Bonchev–Trinajstić information content (AvgIpc) is 2.56. The molecular weight excluding hydrogens is 258 g/mol. The van der Waals surface area contributed by atoms with Crippen LogP contribution >= 0.6 is 0 Å². The van der Waals surface area contributed by atoms with Crippen LogP contribution in [0.2, 0.25) is 0 Å². The Balaban J connectivity index is 1.54. The second-order valence-electron chi connectivity index (χ2n) is 6.85. The van der Waals surface area contributed by atoms with Gasteiger partial charge in [0, 0.05) is 19.0 Å². The molecule has 1 saturated heterocycles. The van der Waals surface area contributed by atoms with Crippen LogP contribution in [-0.2, 0) is 4.79 Å². The topological polar surface area (TPSA) is 20.3 Å². The van der Waals surface area contributed by atoms with E-state index < -0.39 is 0 Å². The van der Waals surface area contributed by atoms with Gasteiger partial charge in [0.2, 0.25) is 5.91 Å². The molecule has 114 valence electrons. The number of rotatable bonds is 2. The van der Waals surface area contributed by atoms with Gasteiger partial charge in [-0.25, -0.2) is 0 Å². The van der Waals surface area contributed by atoms with E-state index in [-0.39, 0.29) is 0 Å². The number of benzene rings is 1. The number of hydrogen-bond donors (Lipinski definition) is 0. The highest BCUT2D eigenvalue weighted by Gasteiger charge is 2.29. The van der Waals surface area contributed by atoms with E-state index in [1.54, 1.807) is 0 Å². The van der Waals surface area contributed by atoms with Crippen molar-refractivity contribution in [2.24, 2.45) is 5.92 Å². The number of piperidine rings is 1. The lowest BCUT2D eigenvalue weighted by Gasteiger charge is -2.35. The molecule has 1 heterocycles. The van der Waals surface area contributed by atoms with Gasteiger partial charge in [0.05, 0.1) is 0 Å². The van der Waals surface area contributed by atoms with Crippen LogP contribution in [0.5, 0.6) is 0 Å². The summed E-state index contributed by atoms with van der Waals surface area (Å²) in [6, 6.07) is 8.93. The summed E-state index contributed by atoms with van der Waals surface area (Å²) in [6.07, 6.45) is 8.31. The number of nitrogens with zero attached hydrogens (tertiary/aromatic N) is 1. The van der Waals surface area contributed by atoms with Gasteiger partial charge >= 0.3 is 0 Å². The number of aryl methyl sites for hydroxylation is 1. The maximum Gasteiger partial charge on any atom is 0.225 e. The highest BCUT2D eigenvalue weighted by Crippen LogP contribution is 2.31. The van der Waals surface area contributed by atoms with Crippen LogP contribution in [0.3, 0.4) is 0 Å². The first-order valence-corrected chi connectivity index (χ1v) is 8.59. The van der Waals surface area contributed by atoms with E-state index in [0.717, 1.165) is 38.8 Å². The van der Waals surface area contributed by atoms with Gasteiger partial charge < -0.3 is 4.90 Å². The molecule has 3 rings (SSSR count). The summed E-state index contributed by atoms with van der Waals surface area (Å²) < 4.78 is 0. The summed E-state index contributed by atoms with van der Waals surface area (Å²) in [7, 11) is 0. The fraction of sp³-hybridized carbons (Fsp3) is 0.632. The van der Waals surface area contributed by atoms with Crippen molar-refractivity contribution in [3.63, 3.8) is 0 Å². The van der Waals surface area contributed by atoms with E-state index in [4.69, 9.17) is 0 Å². The molecule has 0 radical (unpaired) electrons. The highest BCUT2D eigenvalue weighted by molar-refractivity contribution is 5.79. The van der Waals surface area contributed by atoms with Crippen LogP contribution in [0, 0.1) is 12.8 Å². The molecular formula is C19H27NO. The van der Waals surface area contributed by atoms with E-state index in [0.29, 0.717) is 17.7 Å². The Morgan fingerprint density at radius 3 is 2.19 bits per heavy atom. The molecule has 0 bridgehead atoms. The van der Waals surface area contributed by atoms with Crippen molar-refractivity contribution >= 4 is 5.91 Å². The third-order valence-corrected chi connectivity index (χ3v) is 5.31. The van der Waals surface area contributed by atoms with Crippen LogP contribution in [0.25, 0.3) is 0 Å². The fourth-order valence-electron chi connectivity index (χ4n) is 3.88. The van der Waals surface area contributed by atoms with Gasteiger partial charge in [-0.05, 0) is 44.1 Å². The molecule has 1 saturated carbocycles. The van der Waals surface area contributed by atoms with Crippen molar-refractivity contribution in [1.29, 1.82) is 0 Å². The molecule has 2 aliphatic rings. The molecule has 2 heteroatoms. The van der Waals surface area contributed by atoms with Crippen molar-refractivity contribution in [2.75, 3.05) is 13.1 Å². The second-order valence-corrected chi connectivity index (χ2v) is 6.85. The third-order valence-electron chi connectivity index (χ3n) is 5.31. The Bertz CT molecular complexity index is 465. The summed E-state index contributed by atoms with van der Waals surface area (Å²) >= 11 is 0. The number of hydrogen-bond acceptors (Lipinski definition) is 1. The Morgan fingerprint density at radius 1 is 0.952 bits per heavy atom. The monoisotopic (exact) mass is 285 g/mol. The Hall–Kier alpha value is -1.31. The highest BCUT2D eigenvalue weighted by atomic mass is 16.2. The maximum absolute atomic E-state index is 12.6. The molecule has 1 amide bonds.